The summed E-state index contributed by atoms with van der Waals surface area (Å²) >= 11 is 1.83. The lowest BCUT2D eigenvalue weighted by atomic mass is 10.0. The van der Waals surface area contributed by atoms with Crippen LogP contribution in [-0.2, 0) is 6.54 Å². The zero-order valence-corrected chi connectivity index (χ0v) is 11.5. The zero-order valence-electron chi connectivity index (χ0n) is 10.7. The van der Waals surface area contributed by atoms with Crippen LogP contribution in [0.3, 0.4) is 0 Å². The van der Waals surface area contributed by atoms with Gasteiger partial charge in [0.15, 0.2) is 0 Å². The smallest absolute Gasteiger partial charge is 0.0388 e. The van der Waals surface area contributed by atoms with E-state index in [1.54, 1.807) is 5.56 Å². The van der Waals surface area contributed by atoms with Gasteiger partial charge in [-0.3, -0.25) is 0 Å². The van der Waals surface area contributed by atoms with Crippen molar-refractivity contribution in [1.82, 2.24) is 5.32 Å². The van der Waals surface area contributed by atoms with Crippen molar-refractivity contribution in [1.29, 1.82) is 0 Å². The highest BCUT2D eigenvalue weighted by Crippen LogP contribution is 2.41. The van der Waals surface area contributed by atoms with Gasteiger partial charge in [-0.05, 0) is 48.3 Å². The van der Waals surface area contributed by atoms with Gasteiger partial charge in [-0.25, -0.2) is 0 Å². The van der Waals surface area contributed by atoms with E-state index in [9.17, 15) is 0 Å². The van der Waals surface area contributed by atoms with Crippen LogP contribution in [0.25, 0.3) is 0 Å². The van der Waals surface area contributed by atoms with Crippen molar-refractivity contribution in [2.75, 3.05) is 0 Å². The molecule has 94 valence electrons. The number of thiophene rings is 1. The van der Waals surface area contributed by atoms with Gasteiger partial charge in [0.1, 0.15) is 0 Å². The molecule has 0 saturated heterocycles. The fourth-order valence-electron chi connectivity index (χ4n) is 2.39. The highest BCUT2D eigenvalue weighted by molar-refractivity contribution is 7.10. The lowest BCUT2D eigenvalue weighted by Crippen LogP contribution is -2.17. The van der Waals surface area contributed by atoms with Gasteiger partial charge >= 0.3 is 0 Å². The Hall–Kier alpha value is -1.12. The summed E-state index contributed by atoms with van der Waals surface area (Å²) in [6.07, 6.45) is 2.75. The first-order chi connectivity index (χ1) is 8.84. The van der Waals surface area contributed by atoms with E-state index in [0.29, 0.717) is 6.04 Å². The first-order valence-electron chi connectivity index (χ1n) is 6.69. The third-order valence-corrected chi connectivity index (χ3v) is 4.70. The molecule has 1 nitrogen and oxygen atoms in total. The quantitative estimate of drug-likeness (QED) is 0.833. The van der Waals surface area contributed by atoms with Gasteiger partial charge in [-0.1, -0.05) is 30.3 Å². The van der Waals surface area contributed by atoms with E-state index in [0.717, 1.165) is 12.5 Å². The zero-order chi connectivity index (χ0) is 12.4. The molecular formula is C16H19NS. The summed E-state index contributed by atoms with van der Waals surface area (Å²) in [7, 11) is 0. The van der Waals surface area contributed by atoms with Gasteiger partial charge in [0.2, 0.25) is 0 Å². The van der Waals surface area contributed by atoms with Crippen molar-refractivity contribution >= 4 is 11.3 Å². The summed E-state index contributed by atoms with van der Waals surface area (Å²) in [5.74, 6) is 0.833. The molecule has 1 saturated carbocycles. The van der Waals surface area contributed by atoms with E-state index < -0.39 is 0 Å². The Labute approximate surface area is 113 Å². The molecule has 1 aliphatic carbocycles. The van der Waals surface area contributed by atoms with Crippen molar-refractivity contribution in [2.45, 2.75) is 38.3 Å². The predicted octanol–water partition coefficient (Wildman–Crippen LogP) is 4.48. The van der Waals surface area contributed by atoms with E-state index in [1.165, 1.54) is 23.3 Å². The summed E-state index contributed by atoms with van der Waals surface area (Å²) in [5.41, 5.74) is 3.03. The lowest BCUT2D eigenvalue weighted by Gasteiger charge is -2.14. The van der Waals surface area contributed by atoms with Gasteiger partial charge in [-0.15, -0.1) is 11.3 Å². The Kier molecular flexibility index (Phi) is 3.48. The van der Waals surface area contributed by atoms with E-state index in [1.807, 2.05) is 11.3 Å². The minimum atomic E-state index is 0.442. The normalized spacial score (nSPS) is 16.7. The van der Waals surface area contributed by atoms with Crippen LogP contribution in [0.2, 0.25) is 0 Å². The van der Waals surface area contributed by atoms with E-state index in [4.69, 9.17) is 0 Å². The molecule has 1 aromatic carbocycles. The Morgan fingerprint density at radius 1 is 1.22 bits per heavy atom. The molecule has 1 atom stereocenters. The molecule has 0 unspecified atom stereocenters. The molecule has 2 heteroatoms. The maximum Gasteiger partial charge on any atom is 0.0388 e. The standard InChI is InChI=1S/C16H19NS/c1-12(16-7-4-10-18-16)17-11-14-5-2-3-6-15(14)13-8-9-13/h2-7,10,12-13,17H,8-9,11H2,1H3/t12-/m0/s1. The molecule has 1 N–H and O–H groups in total. The van der Waals surface area contributed by atoms with Crippen molar-refractivity contribution in [3.8, 4) is 0 Å². The summed E-state index contributed by atoms with van der Waals surface area (Å²) in [6, 6.07) is 13.6. The van der Waals surface area contributed by atoms with Gasteiger partial charge in [0.05, 0.1) is 0 Å². The monoisotopic (exact) mass is 257 g/mol. The van der Waals surface area contributed by atoms with E-state index in [-0.39, 0.29) is 0 Å². The number of hydrogen-bond acceptors (Lipinski definition) is 2. The summed E-state index contributed by atoms with van der Waals surface area (Å²) in [4.78, 5) is 1.42. The minimum Gasteiger partial charge on any atom is -0.305 e. The molecular weight excluding hydrogens is 238 g/mol. The first kappa shape index (κ1) is 11.9. The molecule has 0 spiro atoms. The second-order valence-electron chi connectivity index (χ2n) is 5.09. The molecule has 0 aliphatic heterocycles. The van der Waals surface area contributed by atoms with Crippen molar-refractivity contribution in [3.05, 3.63) is 57.8 Å². The Morgan fingerprint density at radius 3 is 2.78 bits per heavy atom. The number of nitrogens with one attached hydrogen (secondary N) is 1. The Balaban J connectivity index is 1.66. The second-order valence-corrected chi connectivity index (χ2v) is 6.07. The van der Waals surface area contributed by atoms with Crippen molar-refractivity contribution < 1.29 is 0 Å². The largest absolute Gasteiger partial charge is 0.305 e. The van der Waals surface area contributed by atoms with Gasteiger partial charge in [0.25, 0.3) is 0 Å². The average Bonchev–Trinajstić information content (AvgIpc) is 3.10. The molecule has 1 aromatic heterocycles. The molecule has 0 radical (unpaired) electrons. The third-order valence-electron chi connectivity index (χ3n) is 3.64. The molecule has 1 fully saturated rings. The maximum absolute atomic E-state index is 3.63. The molecule has 0 amide bonds. The number of rotatable bonds is 5. The maximum atomic E-state index is 3.63. The number of hydrogen-bond donors (Lipinski definition) is 1. The fourth-order valence-corrected chi connectivity index (χ4v) is 3.15. The fraction of sp³-hybridized carbons (Fsp3) is 0.375. The molecule has 2 aromatic rings. The highest BCUT2D eigenvalue weighted by atomic mass is 32.1. The molecule has 1 heterocycles. The average molecular weight is 257 g/mol. The minimum absolute atomic E-state index is 0.442. The first-order valence-corrected chi connectivity index (χ1v) is 7.57. The predicted molar refractivity (Wildman–Crippen MR) is 78.0 cm³/mol. The summed E-state index contributed by atoms with van der Waals surface area (Å²) < 4.78 is 0. The van der Waals surface area contributed by atoms with Crippen LogP contribution in [0.15, 0.2) is 41.8 Å². The summed E-state index contributed by atoms with van der Waals surface area (Å²) in [5, 5.41) is 5.78. The highest BCUT2D eigenvalue weighted by Gasteiger charge is 2.25. The molecule has 0 bridgehead atoms. The Bertz CT molecular complexity index is 500. The third kappa shape index (κ3) is 2.65. The van der Waals surface area contributed by atoms with Crippen molar-refractivity contribution in [2.24, 2.45) is 0 Å². The van der Waals surface area contributed by atoms with Crippen LogP contribution < -0.4 is 5.32 Å². The van der Waals surface area contributed by atoms with Crippen LogP contribution in [0.1, 0.15) is 47.7 Å². The van der Waals surface area contributed by atoms with E-state index >= 15 is 0 Å². The van der Waals surface area contributed by atoms with E-state index in [2.05, 4.69) is 54.0 Å². The molecule has 1 aliphatic rings. The Morgan fingerprint density at radius 2 is 2.06 bits per heavy atom. The molecule has 18 heavy (non-hydrogen) atoms. The van der Waals surface area contributed by atoms with Crippen LogP contribution >= 0.6 is 11.3 Å². The van der Waals surface area contributed by atoms with Crippen LogP contribution in [-0.4, -0.2) is 0 Å². The second kappa shape index (κ2) is 5.25. The van der Waals surface area contributed by atoms with Crippen LogP contribution in [0, 0.1) is 0 Å². The lowest BCUT2D eigenvalue weighted by molar-refractivity contribution is 0.580. The van der Waals surface area contributed by atoms with Gasteiger partial charge < -0.3 is 5.32 Å². The number of benzene rings is 1. The van der Waals surface area contributed by atoms with Gasteiger partial charge in [-0.2, -0.15) is 0 Å². The van der Waals surface area contributed by atoms with Crippen LogP contribution in [0.4, 0.5) is 0 Å². The summed E-state index contributed by atoms with van der Waals surface area (Å²) in [6.45, 7) is 3.22. The SMILES string of the molecule is C[C@H](NCc1ccccc1C1CC1)c1cccs1. The van der Waals surface area contributed by atoms with Crippen molar-refractivity contribution in [3.63, 3.8) is 0 Å². The molecule has 3 rings (SSSR count). The van der Waals surface area contributed by atoms with Crippen LogP contribution in [0.5, 0.6) is 0 Å². The van der Waals surface area contributed by atoms with Gasteiger partial charge in [0, 0.05) is 17.5 Å². The topological polar surface area (TPSA) is 12.0 Å².